The Morgan fingerprint density at radius 1 is 1.30 bits per heavy atom. The molecule has 3 aromatic rings. The summed E-state index contributed by atoms with van der Waals surface area (Å²) in [5.41, 5.74) is -0.410. The number of nitrogens with zero attached hydrogens (tertiary/aromatic N) is 2. The fraction of sp³-hybridized carbons (Fsp3) is 0.381. The molecule has 1 fully saturated rings. The number of ether oxygens (including phenoxy) is 1. The van der Waals surface area contributed by atoms with Gasteiger partial charge in [0.15, 0.2) is 0 Å². The topological polar surface area (TPSA) is 104 Å². The number of halogens is 4. The van der Waals surface area contributed by atoms with Gasteiger partial charge in [-0.05, 0) is 31.9 Å². The molecule has 2 unspecified atom stereocenters. The van der Waals surface area contributed by atoms with Gasteiger partial charge in [0.05, 0.1) is 29.0 Å². The van der Waals surface area contributed by atoms with Crippen LogP contribution in [0.5, 0.6) is 0 Å². The maximum atomic E-state index is 13.8. The molecule has 0 radical (unpaired) electrons. The molecule has 1 saturated heterocycles. The van der Waals surface area contributed by atoms with E-state index in [1.807, 2.05) is 0 Å². The molecule has 1 aliphatic heterocycles. The lowest BCUT2D eigenvalue weighted by molar-refractivity contribution is -0.137. The largest absolute Gasteiger partial charge is 0.453 e. The number of methoxy groups -OCH3 is 1. The summed E-state index contributed by atoms with van der Waals surface area (Å²) in [6, 6.07) is 3.44. The zero-order valence-corrected chi connectivity index (χ0v) is 18.6. The van der Waals surface area contributed by atoms with E-state index in [9.17, 15) is 18.0 Å². The van der Waals surface area contributed by atoms with Crippen LogP contribution in [-0.4, -0.2) is 46.8 Å². The van der Waals surface area contributed by atoms with E-state index in [-0.39, 0.29) is 34.0 Å². The van der Waals surface area contributed by atoms with Crippen LogP contribution in [0, 0.1) is 0 Å². The van der Waals surface area contributed by atoms with Crippen molar-refractivity contribution in [2.24, 2.45) is 0 Å². The van der Waals surface area contributed by atoms with Crippen LogP contribution in [-0.2, 0) is 10.9 Å². The number of carbonyl (C=O) groups is 1. The van der Waals surface area contributed by atoms with Crippen molar-refractivity contribution < 1.29 is 22.7 Å². The summed E-state index contributed by atoms with van der Waals surface area (Å²) in [6.07, 6.45) is -1.39. The van der Waals surface area contributed by atoms with Crippen LogP contribution in [0.4, 0.5) is 29.6 Å². The van der Waals surface area contributed by atoms with Crippen molar-refractivity contribution in [3.63, 3.8) is 0 Å². The maximum absolute atomic E-state index is 13.8. The van der Waals surface area contributed by atoms with Crippen molar-refractivity contribution in [2.75, 3.05) is 24.3 Å². The van der Waals surface area contributed by atoms with Crippen LogP contribution in [0.1, 0.15) is 25.3 Å². The third-order valence-electron chi connectivity index (χ3n) is 5.56. The number of amides is 1. The van der Waals surface area contributed by atoms with Crippen molar-refractivity contribution in [1.29, 1.82) is 0 Å². The van der Waals surface area contributed by atoms with E-state index >= 15 is 0 Å². The molecule has 4 N–H and O–H groups in total. The summed E-state index contributed by atoms with van der Waals surface area (Å²) in [7, 11) is 1.21. The number of H-pyrrole nitrogens is 1. The number of benzene rings is 1. The van der Waals surface area contributed by atoms with E-state index in [0.29, 0.717) is 23.5 Å². The molecule has 0 bridgehead atoms. The SMILES string of the molecule is COC(=O)Nc1ccc2c(-c3nc(NC4CCC(C)NC4)ncc3C(F)(F)F)c[nH]c2c1Cl. The predicted octanol–water partition coefficient (Wildman–Crippen LogP) is 5.03. The summed E-state index contributed by atoms with van der Waals surface area (Å²) in [4.78, 5) is 22.6. The number of aromatic amines is 1. The Morgan fingerprint density at radius 3 is 2.76 bits per heavy atom. The number of alkyl halides is 3. The number of anilines is 2. The van der Waals surface area contributed by atoms with Gasteiger partial charge >= 0.3 is 12.3 Å². The summed E-state index contributed by atoms with van der Waals surface area (Å²) >= 11 is 6.37. The first kappa shape index (κ1) is 23.1. The van der Waals surface area contributed by atoms with Gasteiger partial charge in [0.2, 0.25) is 5.95 Å². The van der Waals surface area contributed by atoms with Crippen molar-refractivity contribution in [3.05, 3.63) is 35.1 Å². The minimum Gasteiger partial charge on any atom is -0.453 e. The van der Waals surface area contributed by atoms with Gasteiger partial charge in [0.1, 0.15) is 5.56 Å². The minimum absolute atomic E-state index is 0.00940. The first-order valence-corrected chi connectivity index (χ1v) is 10.6. The number of hydrogen-bond donors (Lipinski definition) is 4. The molecule has 8 nitrogen and oxygen atoms in total. The van der Waals surface area contributed by atoms with Crippen molar-refractivity contribution >= 4 is 40.2 Å². The molecule has 2 atom stereocenters. The quantitative estimate of drug-likeness (QED) is 0.416. The average molecular weight is 483 g/mol. The van der Waals surface area contributed by atoms with Crippen molar-refractivity contribution in [2.45, 2.75) is 38.0 Å². The van der Waals surface area contributed by atoms with Crippen LogP contribution in [0.3, 0.4) is 0 Å². The third-order valence-corrected chi connectivity index (χ3v) is 5.95. The van der Waals surface area contributed by atoms with Crippen LogP contribution in [0.2, 0.25) is 5.02 Å². The van der Waals surface area contributed by atoms with Gasteiger partial charge in [-0.2, -0.15) is 13.2 Å². The van der Waals surface area contributed by atoms with E-state index in [1.54, 1.807) is 6.07 Å². The van der Waals surface area contributed by atoms with E-state index in [2.05, 4.69) is 42.6 Å². The molecule has 3 heterocycles. The first-order valence-electron chi connectivity index (χ1n) is 10.3. The number of aromatic nitrogens is 3. The molecule has 176 valence electrons. The van der Waals surface area contributed by atoms with Crippen molar-refractivity contribution in [3.8, 4) is 11.3 Å². The fourth-order valence-electron chi connectivity index (χ4n) is 3.79. The molecule has 4 rings (SSSR count). The highest BCUT2D eigenvalue weighted by Gasteiger charge is 2.36. The lowest BCUT2D eigenvalue weighted by Gasteiger charge is -2.28. The predicted molar refractivity (Wildman–Crippen MR) is 119 cm³/mol. The first-order chi connectivity index (χ1) is 15.7. The Hall–Kier alpha value is -3.05. The van der Waals surface area contributed by atoms with Gasteiger partial charge in [-0.15, -0.1) is 0 Å². The second-order valence-corrected chi connectivity index (χ2v) is 8.23. The van der Waals surface area contributed by atoms with Crippen LogP contribution in [0.25, 0.3) is 22.2 Å². The number of rotatable bonds is 4. The number of piperidine rings is 1. The number of hydrogen-bond acceptors (Lipinski definition) is 6. The van der Waals surface area contributed by atoms with Gasteiger partial charge < -0.3 is 20.4 Å². The molecular formula is C21H22ClF3N6O2. The average Bonchev–Trinajstić information content (AvgIpc) is 3.21. The zero-order valence-electron chi connectivity index (χ0n) is 17.8. The smallest absolute Gasteiger partial charge is 0.419 e. The summed E-state index contributed by atoms with van der Waals surface area (Å²) in [5, 5.41) is 9.46. The summed E-state index contributed by atoms with van der Waals surface area (Å²) in [5.74, 6) is 0.115. The van der Waals surface area contributed by atoms with Gasteiger partial charge in [-0.3, -0.25) is 5.32 Å². The molecule has 0 saturated carbocycles. The normalized spacial score (nSPS) is 18.8. The molecule has 12 heteroatoms. The number of fused-ring (bicyclic) bond motifs is 1. The Kier molecular flexibility index (Phi) is 6.35. The molecule has 0 aliphatic carbocycles. The van der Waals surface area contributed by atoms with E-state index in [0.717, 1.165) is 19.0 Å². The fourth-order valence-corrected chi connectivity index (χ4v) is 4.05. The van der Waals surface area contributed by atoms with E-state index in [1.165, 1.54) is 19.4 Å². The second kappa shape index (κ2) is 9.06. The lowest BCUT2D eigenvalue weighted by Crippen LogP contribution is -2.43. The Morgan fingerprint density at radius 2 is 2.09 bits per heavy atom. The Balaban J connectivity index is 1.74. The minimum atomic E-state index is -4.66. The number of carbonyl (C=O) groups excluding carboxylic acids is 1. The molecule has 2 aromatic heterocycles. The summed E-state index contributed by atoms with van der Waals surface area (Å²) < 4.78 is 45.9. The van der Waals surface area contributed by atoms with E-state index < -0.39 is 17.8 Å². The highest BCUT2D eigenvalue weighted by molar-refractivity contribution is 6.38. The van der Waals surface area contributed by atoms with Gasteiger partial charge in [-0.1, -0.05) is 11.6 Å². The number of nitrogens with one attached hydrogen (secondary N) is 4. The van der Waals surface area contributed by atoms with Crippen LogP contribution < -0.4 is 16.0 Å². The van der Waals surface area contributed by atoms with Gasteiger partial charge in [-0.25, -0.2) is 14.8 Å². The second-order valence-electron chi connectivity index (χ2n) is 7.85. The molecule has 1 amide bonds. The van der Waals surface area contributed by atoms with Gasteiger partial charge in [0.25, 0.3) is 0 Å². The van der Waals surface area contributed by atoms with Crippen molar-refractivity contribution in [1.82, 2.24) is 20.3 Å². The molecule has 0 spiro atoms. The van der Waals surface area contributed by atoms with E-state index in [4.69, 9.17) is 11.6 Å². The lowest BCUT2D eigenvalue weighted by atomic mass is 10.0. The molecule has 1 aliphatic rings. The zero-order chi connectivity index (χ0) is 23.8. The maximum Gasteiger partial charge on any atom is 0.419 e. The molecule has 1 aromatic carbocycles. The van der Waals surface area contributed by atoms with Crippen LogP contribution >= 0.6 is 11.6 Å². The van der Waals surface area contributed by atoms with Gasteiger partial charge in [0, 0.05) is 42.0 Å². The summed E-state index contributed by atoms with van der Waals surface area (Å²) in [6.45, 7) is 2.75. The highest BCUT2D eigenvalue weighted by Crippen LogP contribution is 2.41. The monoisotopic (exact) mass is 482 g/mol. The molecular weight excluding hydrogens is 461 g/mol. The standard InChI is InChI=1S/C21H22ClF3N6O2/c1-10-3-4-11(7-26-10)29-19-28-9-14(21(23,24)25)17(31-19)13-8-27-18-12(13)5-6-15(16(18)22)30-20(32)33-2/h5-6,8-11,26-27H,3-4,7H2,1-2H3,(H,30,32)(H,28,29,31). The van der Waals surface area contributed by atoms with Crippen LogP contribution in [0.15, 0.2) is 24.5 Å². The molecule has 33 heavy (non-hydrogen) atoms. The Labute approximate surface area is 192 Å². The third kappa shape index (κ3) is 4.83. The Bertz CT molecular complexity index is 1170. The highest BCUT2D eigenvalue weighted by atomic mass is 35.5.